The molecule has 8 N–H and O–H groups in total. The van der Waals surface area contributed by atoms with E-state index in [9.17, 15) is 30.6 Å². The summed E-state index contributed by atoms with van der Waals surface area (Å²) < 4.78 is 11.6. The Morgan fingerprint density at radius 1 is 0.679 bits per heavy atom. The number of phenols is 4. The second-order valence-corrected chi connectivity index (χ2v) is 15.5. The van der Waals surface area contributed by atoms with Crippen molar-refractivity contribution in [3.05, 3.63) is 106 Å². The van der Waals surface area contributed by atoms with Crippen molar-refractivity contribution >= 4 is 21.5 Å². The summed E-state index contributed by atoms with van der Waals surface area (Å²) in [6.45, 7) is 7.95. The first-order valence-corrected chi connectivity index (χ1v) is 19.1. The van der Waals surface area contributed by atoms with Crippen LogP contribution >= 0.6 is 0 Å². The number of aromatic hydroxyl groups is 4. The monoisotopic (exact) mass is 756 g/mol. The van der Waals surface area contributed by atoms with E-state index in [4.69, 9.17) is 9.47 Å². The fourth-order valence-corrected chi connectivity index (χ4v) is 9.28. The molecule has 2 heterocycles. The highest BCUT2D eigenvalue weighted by molar-refractivity contribution is 6.10. The summed E-state index contributed by atoms with van der Waals surface area (Å²) >= 11 is 0. The summed E-state index contributed by atoms with van der Waals surface area (Å²) in [5.41, 5.74) is 7.05. The van der Waals surface area contributed by atoms with Gasteiger partial charge in [-0.15, -0.1) is 0 Å². The van der Waals surface area contributed by atoms with E-state index in [-0.39, 0.29) is 53.8 Å². The van der Waals surface area contributed by atoms with Crippen molar-refractivity contribution in [2.24, 2.45) is 0 Å². The maximum absolute atomic E-state index is 12.1. The van der Waals surface area contributed by atoms with Gasteiger partial charge < -0.3 is 50.7 Å². The number of aliphatic hydroxyl groups is 2. The molecule has 2 aliphatic rings. The normalized spacial score (nSPS) is 19.8. The predicted molar refractivity (Wildman–Crippen MR) is 218 cm³/mol. The van der Waals surface area contributed by atoms with Gasteiger partial charge in [0.2, 0.25) is 0 Å². The fraction of sp³-hybridized carbons (Fsp3) is 0.304. The molecule has 0 fully saturated rings. The van der Waals surface area contributed by atoms with Crippen molar-refractivity contribution in [1.29, 1.82) is 0 Å². The largest absolute Gasteiger partial charge is 0.508 e. The third-order valence-corrected chi connectivity index (χ3v) is 11.8. The Morgan fingerprint density at radius 2 is 1.30 bits per heavy atom. The molecular weight excluding hydrogens is 709 g/mol. The Morgan fingerprint density at radius 3 is 2.00 bits per heavy atom. The molecule has 8 rings (SSSR count). The van der Waals surface area contributed by atoms with Crippen LogP contribution in [0, 0.1) is 0 Å². The first kappa shape index (κ1) is 37.4. The van der Waals surface area contributed by atoms with Crippen LogP contribution in [-0.2, 0) is 19.4 Å². The van der Waals surface area contributed by atoms with E-state index in [0.717, 1.165) is 35.1 Å². The number of hydrogen-bond donors (Lipinski definition) is 8. The van der Waals surface area contributed by atoms with E-state index in [0.29, 0.717) is 72.0 Å². The summed E-state index contributed by atoms with van der Waals surface area (Å²) in [5, 5.41) is 77.8. The van der Waals surface area contributed by atoms with Crippen LogP contribution < -0.4 is 20.1 Å². The van der Waals surface area contributed by atoms with E-state index in [1.54, 1.807) is 48.5 Å². The summed E-state index contributed by atoms with van der Waals surface area (Å²) in [6, 6.07) is 20.0. The van der Waals surface area contributed by atoms with E-state index in [1.807, 2.05) is 25.1 Å². The van der Waals surface area contributed by atoms with Crippen LogP contribution in [0.1, 0.15) is 84.8 Å². The average molecular weight is 757 g/mol. The van der Waals surface area contributed by atoms with Gasteiger partial charge in [0.1, 0.15) is 40.6 Å². The van der Waals surface area contributed by atoms with Gasteiger partial charge in [0.25, 0.3) is 0 Å². The van der Waals surface area contributed by atoms with E-state index >= 15 is 0 Å². The zero-order chi connectivity index (χ0) is 39.7. The molecule has 0 bridgehead atoms. The second kappa shape index (κ2) is 14.2. The van der Waals surface area contributed by atoms with Crippen molar-refractivity contribution in [3.63, 3.8) is 0 Å². The van der Waals surface area contributed by atoms with Gasteiger partial charge >= 0.3 is 0 Å². The van der Waals surface area contributed by atoms with Gasteiger partial charge in [-0.3, -0.25) is 0 Å². The van der Waals surface area contributed by atoms with Crippen molar-refractivity contribution in [2.75, 3.05) is 14.2 Å². The maximum Gasteiger partial charge on any atom is 0.135 e. The molecule has 0 aliphatic carbocycles. The number of methoxy groups -OCH3 is 2. The number of hydrogen-bond acceptors (Lipinski definition) is 10. The second-order valence-electron chi connectivity index (χ2n) is 15.5. The highest BCUT2D eigenvalue weighted by Crippen LogP contribution is 2.52. The molecular formula is C46H48N2O8. The lowest BCUT2D eigenvalue weighted by atomic mass is 9.84. The lowest BCUT2D eigenvalue weighted by Gasteiger charge is -2.31. The Labute approximate surface area is 325 Å². The van der Waals surface area contributed by atoms with Crippen LogP contribution in [0.5, 0.6) is 34.5 Å². The van der Waals surface area contributed by atoms with Gasteiger partial charge in [-0.25, -0.2) is 0 Å². The molecule has 2 aliphatic heterocycles. The van der Waals surface area contributed by atoms with Crippen molar-refractivity contribution in [3.8, 4) is 56.8 Å². The third-order valence-electron chi connectivity index (χ3n) is 11.8. The van der Waals surface area contributed by atoms with Crippen LogP contribution in [0.15, 0.2) is 66.7 Å². The Bertz CT molecular complexity index is 2550. The molecule has 6 aromatic carbocycles. The number of rotatable bonds is 7. The van der Waals surface area contributed by atoms with Gasteiger partial charge in [0, 0.05) is 52.0 Å². The van der Waals surface area contributed by atoms with Crippen molar-refractivity contribution < 1.29 is 40.1 Å². The quantitative estimate of drug-likeness (QED) is 0.0803. The Hall–Kier alpha value is -5.52. The molecule has 0 saturated carbocycles. The third kappa shape index (κ3) is 5.95. The maximum atomic E-state index is 12.1. The minimum absolute atomic E-state index is 0.00350. The zero-order valence-corrected chi connectivity index (χ0v) is 32.4. The molecule has 0 saturated heterocycles. The van der Waals surface area contributed by atoms with Crippen LogP contribution in [0.4, 0.5) is 0 Å². The van der Waals surface area contributed by atoms with E-state index < -0.39 is 6.10 Å². The lowest BCUT2D eigenvalue weighted by molar-refractivity contribution is 0.215. The number of phenolic OH excluding ortho intramolecular Hbond substituents is 4. The summed E-state index contributed by atoms with van der Waals surface area (Å²) in [6.07, 6.45) is 0.362. The molecule has 5 atom stereocenters. The van der Waals surface area contributed by atoms with E-state index in [1.165, 1.54) is 14.2 Å². The van der Waals surface area contributed by atoms with E-state index in [2.05, 4.69) is 31.4 Å². The van der Waals surface area contributed by atoms with Gasteiger partial charge in [0.05, 0.1) is 31.6 Å². The topological polar surface area (TPSA) is 164 Å². The molecule has 10 nitrogen and oxygen atoms in total. The first-order valence-electron chi connectivity index (χ1n) is 19.1. The molecule has 290 valence electrons. The standard InChI is InChI=1S/C46H48N2O8/c1-21-13-25-8-10-33(46(54)39(25)24(4)48-21)40-29(20-49)18-38(56-6)42-32(40)12-11-31(45(42)53)30-9-7-26-15-28(17-37(55-5)41(26)44(30)52)43(51)35-16-27-14-22(2)47-23(3)34(27)19-36(35)50/h7-12,15-19,21-24,43,47-54H,13-14,20H2,1-6H3/t21-,22-,23-,24-,43+/m1/s1. The van der Waals surface area contributed by atoms with Crippen molar-refractivity contribution in [1.82, 2.24) is 10.6 Å². The summed E-state index contributed by atoms with van der Waals surface area (Å²) in [5.74, 6) is 0.427. The highest BCUT2D eigenvalue weighted by Gasteiger charge is 2.30. The summed E-state index contributed by atoms with van der Waals surface area (Å²) in [7, 11) is 2.97. The SMILES string of the molecule is COc1cc([C@H](O)c2cc3c(cc2O)[C@@H](C)N[C@H](C)C3)cc2ccc(-c3ccc4c(-c5ccc6c(c5O)[C@@H](C)N[C@H](C)C6)c(CO)cc(OC)c4c3O)c(O)c12. The lowest BCUT2D eigenvalue weighted by Crippen LogP contribution is -2.36. The fourth-order valence-electron chi connectivity index (χ4n) is 9.28. The van der Waals surface area contributed by atoms with Gasteiger partial charge in [-0.05, 0) is 127 Å². The molecule has 6 aromatic rings. The predicted octanol–water partition coefficient (Wildman–Crippen LogP) is 7.93. The Kier molecular flexibility index (Phi) is 9.49. The molecule has 0 unspecified atom stereocenters. The van der Waals surface area contributed by atoms with Crippen LogP contribution in [-0.4, -0.2) is 56.9 Å². The van der Waals surface area contributed by atoms with Gasteiger partial charge in [-0.2, -0.15) is 0 Å². The minimum Gasteiger partial charge on any atom is -0.508 e. The molecule has 10 heteroatoms. The zero-order valence-electron chi connectivity index (χ0n) is 32.4. The van der Waals surface area contributed by atoms with Gasteiger partial charge in [0.15, 0.2) is 0 Å². The van der Waals surface area contributed by atoms with Gasteiger partial charge in [-0.1, -0.05) is 24.3 Å². The number of benzene rings is 6. The molecule has 0 radical (unpaired) electrons. The summed E-state index contributed by atoms with van der Waals surface area (Å²) in [4.78, 5) is 0. The number of aliphatic hydroxyl groups excluding tert-OH is 2. The molecule has 56 heavy (non-hydrogen) atoms. The van der Waals surface area contributed by atoms with Crippen LogP contribution in [0.3, 0.4) is 0 Å². The minimum atomic E-state index is -1.17. The smallest absolute Gasteiger partial charge is 0.135 e. The average Bonchev–Trinajstić information content (AvgIpc) is 3.17. The molecule has 0 spiro atoms. The number of nitrogens with one attached hydrogen (secondary N) is 2. The first-order chi connectivity index (χ1) is 26.8. The molecule has 0 amide bonds. The van der Waals surface area contributed by atoms with Crippen LogP contribution in [0.2, 0.25) is 0 Å². The molecule has 0 aromatic heterocycles. The van der Waals surface area contributed by atoms with Crippen LogP contribution in [0.25, 0.3) is 43.8 Å². The number of ether oxygens (including phenoxy) is 2. The highest BCUT2D eigenvalue weighted by atomic mass is 16.5. The van der Waals surface area contributed by atoms with Crippen molar-refractivity contribution in [2.45, 2.75) is 77.4 Å². The Balaban J connectivity index is 1.25. The number of fused-ring (bicyclic) bond motifs is 4.